The minimum atomic E-state index is 0.466. The molecule has 0 aromatic carbocycles. The number of hydrogen-bond donors (Lipinski definition) is 2. The Hall–Kier alpha value is -1.78. The van der Waals surface area contributed by atoms with Crippen LogP contribution >= 0.6 is 0 Å². The molecule has 0 amide bonds. The van der Waals surface area contributed by atoms with E-state index >= 15 is 0 Å². The highest BCUT2D eigenvalue weighted by Crippen LogP contribution is 2.04. The summed E-state index contributed by atoms with van der Waals surface area (Å²) in [5.41, 5.74) is 5.67. The van der Waals surface area contributed by atoms with Crippen molar-refractivity contribution in [2.45, 2.75) is 13.8 Å². The Morgan fingerprint density at radius 1 is 1.59 bits per heavy atom. The van der Waals surface area contributed by atoms with Gasteiger partial charge in [0.2, 0.25) is 0 Å². The molecule has 0 bridgehead atoms. The van der Waals surface area contributed by atoms with Gasteiger partial charge in [0.1, 0.15) is 12.4 Å². The van der Waals surface area contributed by atoms with Crippen molar-refractivity contribution in [1.29, 1.82) is 0 Å². The van der Waals surface area contributed by atoms with Crippen molar-refractivity contribution >= 4 is 5.96 Å². The lowest BCUT2D eigenvalue weighted by atomic mass is 10.2. The first-order chi connectivity index (χ1) is 8.18. The lowest BCUT2D eigenvalue weighted by Gasteiger charge is -2.08. The number of rotatable bonds is 6. The highest BCUT2D eigenvalue weighted by molar-refractivity contribution is 5.77. The summed E-state index contributed by atoms with van der Waals surface area (Å²) in [6.45, 7) is 6.10. The first-order valence-electron chi connectivity index (χ1n) is 5.75. The smallest absolute Gasteiger partial charge is 0.188 e. The fraction of sp³-hybridized carbons (Fsp3) is 0.500. The van der Waals surface area contributed by atoms with Crippen LogP contribution in [0.25, 0.3) is 0 Å². The Bertz CT molecular complexity index is 338. The molecule has 1 aromatic rings. The summed E-state index contributed by atoms with van der Waals surface area (Å²) >= 11 is 0. The summed E-state index contributed by atoms with van der Waals surface area (Å²) in [6, 6.07) is 3.70. The van der Waals surface area contributed by atoms with Gasteiger partial charge in [-0.15, -0.1) is 0 Å². The van der Waals surface area contributed by atoms with Gasteiger partial charge in [0, 0.05) is 12.7 Å². The first kappa shape index (κ1) is 13.3. The number of guanidine groups is 1. The minimum absolute atomic E-state index is 0.466. The number of pyridine rings is 1. The Kier molecular flexibility index (Phi) is 5.85. The number of nitrogens with one attached hydrogen (secondary N) is 1. The molecule has 0 saturated carbocycles. The van der Waals surface area contributed by atoms with E-state index in [-0.39, 0.29) is 0 Å². The molecule has 0 unspecified atom stereocenters. The molecule has 1 aromatic heterocycles. The third-order valence-corrected chi connectivity index (χ3v) is 1.94. The van der Waals surface area contributed by atoms with E-state index in [1.807, 2.05) is 12.1 Å². The summed E-state index contributed by atoms with van der Waals surface area (Å²) in [7, 11) is 0. The Labute approximate surface area is 102 Å². The van der Waals surface area contributed by atoms with E-state index in [9.17, 15) is 0 Å². The highest BCUT2D eigenvalue weighted by Gasteiger charge is 1.95. The summed E-state index contributed by atoms with van der Waals surface area (Å²) in [5.74, 6) is 1.74. The normalized spacial score (nSPS) is 11.6. The molecule has 0 aliphatic carbocycles. The van der Waals surface area contributed by atoms with Crippen LogP contribution in [0.4, 0.5) is 0 Å². The van der Waals surface area contributed by atoms with Gasteiger partial charge in [0.25, 0.3) is 0 Å². The van der Waals surface area contributed by atoms with E-state index in [4.69, 9.17) is 10.5 Å². The SMILES string of the molecule is CC(C)CN=C(N)NCCOc1cccnc1. The van der Waals surface area contributed by atoms with E-state index in [0.29, 0.717) is 25.0 Å². The van der Waals surface area contributed by atoms with Crippen molar-refractivity contribution in [3.8, 4) is 5.75 Å². The molecule has 5 heteroatoms. The zero-order valence-corrected chi connectivity index (χ0v) is 10.4. The van der Waals surface area contributed by atoms with Gasteiger partial charge in [0.05, 0.1) is 12.7 Å². The largest absolute Gasteiger partial charge is 0.490 e. The van der Waals surface area contributed by atoms with E-state index in [1.54, 1.807) is 12.4 Å². The summed E-state index contributed by atoms with van der Waals surface area (Å²) in [5, 5.41) is 2.99. The molecular formula is C12H20N4O. The minimum Gasteiger partial charge on any atom is -0.490 e. The molecule has 0 aliphatic heterocycles. The standard InChI is InChI=1S/C12H20N4O/c1-10(2)8-16-12(13)15-6-7-17-11-4-3-5-14-9-11/h3-5,9-10H,6-8H2,1-2H3,(H3,13,15,16). The number of hydrogen-bond acceptors (Lipinski definition) is 3. The number of nitrogens with two attached hydrogens (primary N) is 1. The zero-order valence-electron chi connectivity index (χ0n) is 10.4. The quantitative estimate of drug-likeness (QED) is 0.439. The van der Waals surface area contributed by atoms with Crippen LogP contribution in [0, 0.1) is 5.92 Å². The molecule has 3 N–H and O–H groups in total. The molecular weight excluding hydrogens is 216 g/mol. The third-order valence-electron chi connectivity index (χ3n) is 1.94. The summed E-state index contributed by atoms with van der Waals surface area (Å²) < 4.78 is 5.45. The van der Waals surface area contributed by atoms with Crippen LogP contribution in [-0.4, -0.2) is 30.6 Å². The van der Waals surface area contributed by atoms with Gasteiger partial charge >= 0.3 is 0 Å². The molecule has 0 aliphatic rings. The molecule has 5 nitrogen and oxygen atoms in total. The van der Waals surface area contributed by atoms with E-state index in [0.717, 1.165) is 12.3 Å². The van der Waals surface area contributed by atoms with Gasteiger partial charge in [-0.3, -0.25) is 9.98 Å². The van der Waals surface area contributed by atoms with Crippen molar-refractivity contribution in [2.75, 3.05) is 19.7 Å². The summed E-state index contributed by atoms with van der Waals surface area (Å²) in [6.07, 6.45) is 3.39. The van der Waals surface area contributed by atoms with Crippen molar-refractivity contribution in [2.24, 2.45) is 16.6 Å². The maximum atomic E-state index is 5.67. The van der Waals surface area contributed by atoms with Crippen molar-refractivity contribution in [1.82, 2.24) is 10.3 Å². The average molecular weight is 236 g/mol. The predicted octanol–water partition coefficient (Wildman–Crippen LogP) is 1.02. The van der Waals surface area contributed by atoms with Crippen LogP contribution in [0.2, 0.25) is 0 Å². The second-order valence-corrected chi connectivity index (χ2v) is 4.08. The molecule has 17 heavy (non-hydrogen) atoms. The van der Waals surface area contributed by atoms with Gasteiger partial charge < -0.3 is 15.8 Å². The molecule has 0 atom stereocenters. The van der Waals surface area contributed by atoms with E-state index in [1.165, 1.54) is 0 Å². The maximum Gasteiger partial charge on any atom is 0.188 e. The number of ether oxygens (including phenoxy) is 1. The molecule has 0 fully saturated rings. The van der Waals surface area contributed by atoms with Crippen molar-refractivity contribution in [3.05, 3.63) is 24.5 Å². The number of aromatic nitrogens is 1. The van der Waals surface area contributed by atoms with Crippen LogP contribution in [0.15, 0.2) is 29.5 Å². The molecule has 0 radical (unpaired) electrons. The average Bonchev–Trinajstić information content (AvgIpc) is 2.33. The second kappa shape index (κ2) is 7.49. The molecule has 1 heterocycles. The van der Waals surface area contributed by atoms with Crippen molar-refractivity contribution in [3.63, 3.8) is 0 Å². The molecule has 1 rings (SSSR count). The Morgan fingerprint density at radius 3 is 3.06 bits per heavy atom. The Morgan fingerprint density at radius 2 is 2.41 bits per heavy atom. The first-order valence-corrected chi connectivity index (χ1v) is 5.75. The maximum absolute atomic E-state index is 5.67. The third kappa shape index (κ3) is 6.40. The van der Waals surface area contributed by atoms with Crippen molar-refractivity contribution < 1.29 is 4.74 Å². The fourth-order valence-electron chi connectivity index (χ4n) is 1.12. The van der Waals surface area contributed by atoms with Gasteiger partial charge in [-0.2, -0.15) is 0 Å². The number of aliphatic imine (C=N–C) groups is 1. The van der Waals surface area contributed by atoms with Gasteiger partial charge in [-0.05, 0) is 18.1 Å². The lowest BCUT2D eigenvalue weighted by molar-refractivity contribution is 0.321. The van der Waals surface area contributed by atoms with Gasteiger partial charge in [-0.1, -0.05) is 13.8 Å². The van der Waals surface area contributed by atoms with Crippen LogP contribution < -0.4 is 15.8 Å². The van der Waals surface area contributed by atoms with Crippen LogP contribution in [-0.2, 0) is 0 Å². The summed E-state index contributed by atoms with van der Waals surface area (Å²) in [4.78, 5) is 8.14. The molecule has 94 valence electrons. The number of nitrogens with zero attached hydrogens (tertiary/aromatic N) is 2. The second-order valence-electron chi connectivity index (χ2n) is 4.08. The van der Waals surface area contributed by atoms with E-state index in [2.05, 4.69) is 29.1 Å². The van der Waals surface area contributed by atoms with E-state index < -0.39 is 0 Å². The topological polar surface area (TPSA) is 72.5 Å². The predicted molar refractivity (Wildman–Crippen MR) is 69.1 cm³/mol. The van der Waals surface area contributed by atoms with Gasteiger partial charge in [0.15, 0.2) is 5.96 Å². The monoisotopic (exact) mass is 236 g/mol. The highest BCUT2D eigenvalue weighted by atomic mass is 16.5. The fourth-order valence-corrected chi connectivity index (χ4v) is 1.12. The van der Waals surface area contributed by atoms with Crippen LogP contribution in [0.1, 0.15) is 13.8 Å². The van der Waals surface area contributed by atoms with Crippen LogP contribution in [0.5, 0.6) is 5.75 Å². The van der Waals surface area contributed by atoms with Crippen LogP contribution in [0.3, 0.4) is 0 Å². The zero-order chi connectivity index (χ0) is 12.5. The molecule has 0 spiro atoms. The van der Waals surface area contributed by atoms with Gasteiger partial charge in [-0.25, -0.2) is 0 Å². The lowest BCUT2D eigenvalue weighted by Crippen LogP contribution is -2.35. The molecule has 0 saturated heterocycles. The Balaban J connectivity index is 2.14.